The second kappa shape index (κ2) is 7.50. The predicted octanol–water partition coefficient (Wildman–Crippen LogP) is 3.70. The van der Waals surface area contributed by atoms with Crippen LogP contribution >= 0.6 is 23.2 Å². The topological polar surface area (TPSA) is 43.4 Å². The number of benzene rings is 1. The van der Waals surface area contributed by atoms with Gasteiger partial charge in [-0.05, 0) is 31.3 Å². The van der Waals surface area contributed by atoms with Gasteiger partial charge in [-0.2, -0.15) is 0 Å². The quantitative estimate of drug-likeness (QED) is 0.879. The fourth-order valence-electron chi connectivity index (χ4n) is 1.96. The van der Waals surface area contributed by atoms with E-state index in [0.717, 1.165) is 11.1 Å². The lowest BCUT2D eigenvalue weighted by molar-refractivity contribution is 0.291. The second-order valence-corrected chi connectivity index (χ2v) is 5.21. The normalized spacial score (nSPS) is 10.5. The number of rotatable bonds is 6. The summed E-state index contributed by atoms with van der Waals surface area (Å²) in [7, 11) is 3.43. The van der Waals surface area contributed by atoms with Crippen molar-refractivity contribution in [2.45, 2.75) is 13.2 Å². The summed E-state index contributed by atoms with van der Waals surface area (Å²) in [5.41, 5.74) is 1.75. The van der Waals surface area contributed by atoms with Crippen LogP contribution in [0.1, 0.15) is 11.1 Å². The summed E-state index contributed by atoms with van der Waals surface area (Å²) in [6, 6.07) is 7.23. The fourth-order valence-corrected chi connectivity index (χ4v) is 2.55. The van der Waals surface area contributed by atoms with Crippen LogP contribution in [-0.4, -0.2) is 19.1 Å². The van der Waals surface area contributed by atoms with Gasteiger partial charge in [0.1, 0.15) is 12.4 Å². The summed E-state index contributed by atoms with van der Waals surface area (Å²) in [5.74, 6) is 1.15. The Balaban J connectivity index is 2.23. The average molecular weight is 327 g/mol. The molecule has 1 aromatic heterocycles. The minimum absolute atomic E-state index is 0.315. The van der Waals surface area contributed by atoms with Crippen LogP contribution in [-0.2, 0) is 13.2 Å². The number of nitrogens with zero attached hydrogens (tertiary/aromatic N) is 1. The number of hydrogen-bond donors (Lipinski definition) is 1. The highest BCUT2D eigenvalue weighted by atomic mass is 35.5. The Kier molecular flexibility index (Phi) is 5.67. The Morgan fingerprint density at radius 3 is 2.76 bits per heavy atom. The van der Waals surface area contributed by atoms with Gasteiger partial charge in [0, 0.05) is 23.3 Å². The van der Waals surface area contributed by atoms with Gasteiger partial charge < -0.3 is 14.8 Å². The maximum absolute atomic E-state index is 6.23. The molecule has 0 aliphatic rings. The molecule has 21 heavy (non-hydrogen) atoms. The third-order valence-electron chi connectivity index (χ3n) is 2.87. The molecule has 0 unspecified atom stereocenters. The monoisotopic (exact) mass is 326 g/mol. The number of hydrogen-bond acceptors (Lipinski definition) is 4. The largest absolute Gasteiger partial charge is 0.487 e. The van der Waals surface area contributed by atoms with Crippen molar-refractivity contribution >= 4 is 23.2 Å². The first-order valence-corrected chi connectivity index (χ1v) is 7.14. The van der Waals surface area contributed by atoms with E-state index in [9.17, 15) is 0 Å². The van der Waals surface area contributed by atoms with Gasteiger partial charge >= 0.3 is 0 Å². The predicted molar refractivity (Wildman–Crippen MR) is 84.3 cm³/mol. The molecule has 112 valence electrons. The molecule has 0 saturated carbocycles. The van der Waals surface area contributed by atoms with Crippen LogP contribution in [0, 0.1) is 0 Å². The maximum Gasteiger partial charge on any atom is 0.219 e. The van der Waals surface area contributed by atoms with Crippen LogP contribution in [0.25, 0.3) is 0 Å². The number of ether oxygens (including phenoxy) is 2. The molecule has 0 aliphatic heterocycles. The minimum atomic E-state index is 0.315. The summed E-state index contributed by atoms with van der Waals surface area (Å²) in [4.78, 5) is 4.14. The van der Waals surface area contributed by atoms with Gasteiger partial charge in [0.25, 0.3) is 0 Å². The Bertz CT molecular complexity index is 621. The van der Waals surface area contributed by atoms with Gasteiger partial charge in [-0.25, -0.2) is 4.98 Å². The first-order chi connectivity index (χ1) is 10.2. The van der Waals surface area contributed by atoms with E-state index in [2.05, 4.69) is 10.3 Å². The van der Waals surface area contributed by atoms with Gasteiger partial charge in [-0.15, -0.1) is 0 Å². The lowest BCUT2D eigenvalue weighted by atomic mass is 10.2. The molecule has 1 N–H and O–H groups in total. The SMILES string of the molecule is CNCc1cc(Cl)cc(Cl)c1OCc1cccnc1OC. The van der Waals surface area contributed by atoms with Gasteiger partial charge in [-0.3, -0.25) is 0 Å². The molecule has 2 rings (SSSR count). The third-order valence-corrected chi connectivity index (χ3v) is 3.37. The van der Waals surface area contributed by atoms with Crippen LogP contribution in [0.2, 0.25) is 10.0 Å². The maximum atomic E-state index is 6.23. The van der Waals surface area contributed by atoms with Crippen molar-refractivity contribution in [1.29, 1.82) is 0 Å². The molecule has 2 aromatic rings. The summed E-state index contributed by atoms with van der Waals surface area (Å²) in [5, 5.41) is 4.13. The highest BCUT2D eigenvalue weighted by Crippen LogP contribution is 2.33. The summed E-state index contributed by atoms with van der Waals surface area (Å²) >= 11 is 12.3. The Hall–Kier alpha value is -1.49. The number of pyridine rings is 1. The molecule has 6 heteroatoms. The highest BCUT2D eigenvalue weighted by Gasteiger charge is 2.12. The zero-order valence-electron chi connectivity index (χ0n) is 11.8. The van der Waals surface area contributed by atoms with Gasteiger partial charge in [0.2, 0.25) is 5.88 Å². The number of methoxy groups -OCH3 is 1. The molecular weight excluding hydrogens is 311 g/mol. The van der Waals surface area contributed by atoms with Crippen molar-refractivity contribution in [3.63, 3.8) is 0 Å². The molecule has 0 radical (unpaired) electrons. The molecule has 0 spiro atoms. The zero-order chi connectivity index (χ0) is 15.2. The number of nitrogens with one attached hydrogen (secondary N) is 1. The van der Waals surface area contributed by atoms with E-state index in [1.807, 2.05) is 25.2 Å². The molecule has 0 amide bonds. The molecule has 1 heterocycles. The Labute approximate surface area is 134 Å². The molecule has 0 atom stereocenters. The molecule has 0 aliphatic carbocycles. The van der Waals surface area contributed by atoms with Crippen LogP contribution in [0.4, 0.5) is 0 Å². The highest BCUT2D eigenvalue weighted by molar-refractivity contribution is 6.35. The summed E-state index contributed by atoms with van der Waals surface area (Å²) in [6.45, 7) is 0.925. The van der Waals surface area contributed by atoms with Crippen molar-refractivity contribution in [1.82, 2.24) is 10.3 Å². The summed E-state index contributed by atoms with van der Waals surface area (Å²) in [6.07, 6.45) is 1.67. The average Bonchev–Trinajstić information content (AvgIpc) is 2.47. The van der Waals surface area contributed by atoms with Crippen LogP contribution in [0.5, 0.6) is 11.6 Å². The van der Waals surface area contributed by atoms with Crippen molar-refractivity contribution < 1.29 is 9.47 Å². The van der Waals surface area contributed by atoms with Crippen molar-refractivity contribution in [3.05, 3.63) is 51.6 Å². The van der Waals surface area contributed by atoms with E-state index in [1.165, 1.54) is 0 Å². The molecule has 1 aromatic carbocycles. The molecule has 0 bridgehead atoms. The van der Waals surface area contributed by atoms with Crippen LogP contribution in [0.15, 0.2) is 30.5 Å². The van der Waals surface area contributed by atoms with Gasteiger partial charge in [0.05, 0.1) is 17.7 Å². The zero-order valence-corrected chi connectivity index (χ0v) is 13.3. The molecule has 0 saturated heterocycles. The van der Waals surface area contributed by atoms with Crippen molar-refractivity contribution in [2.75, 3.05) is 14.2 Å². The molecular formula is C15H16Cl2N2O2. The van der Waals surface area contributed by atoms with Crippen LogP contribution < -0.4 is 14.8 Å². The lowest BCUT2D eigenvalue weighted by Crippen LogP contribution is -2.08. The molecule has 4 nitrogen and oxygen atoms in total. The Morgan fingerprint density at radius 1 is 1.24 bits per heavy atom. The van der Waals surface area contributed by atoms with Gasteiger partial charge in [0.15, 0.2) is 0 Å². The molecule has 0 fully saturated rings. The van der Waals surface area contributed by atoms with E-state index in [-0.39, 0.29) is 0 Å². The standard InChI is InChI=1S/C15H16Cl2N2O2/c1-18-8-11-6-12(16)7-13(17)14(11)21-9-10-4-3-5-19-15(10)20-2/h3-7,18H,8-9H2,1-2H3. The summed E-state index contributed by atoms with van der Waals surface area (Å²) < 4.78 is 11.1. The van der Waals surface area contributed by atoms with Crippen LogP contribution in [0.3, 0.4) is 0 Å². The Morgan fingerprint density at radius 2 is 2.05 bits per heavy atom. The van der Waals surface area contributed by atoms with Crippen molar-refractivity contribution in [3.8, 4) is 11.6 Å². The van der Waals surface area contributed by atoms with E-state index in [4.69, 9.17) is 32.7 Å². The first kappa shape index (κ1) is 15.9. The number of halogens is 2. The van der Waals surface area contributed by atoms with E-state index in [0.29, 0.717) is 34.8 Å². The minimum Gasteiger partial charge on any atom is -0.487 e. The second-order valence-electron chi connectivity index (χ2n) is 4.37. The van der Waals surface area contributed by atoms with E-state index < -0.39 is 0 Å². The third kappa shape index (κ3) is 4.00. The first-order valence-electron chi connectivity index (χ1n) is 6.39. The number of aromatic nitrogens is 1. The smallest absolute Gasteiger partial charge is 0.219 e. The van der Waals surface area contributed by atoms with E-state index >= 15 is 0 Å². The fraction of sp³-hybridized carbons (Fsp3) is 0.267. The van der Waals surface area contributed by atoms with Gasteiger partial charge in [-0.1, -0.05) is 23.2 Å². The lowest BCUT2D eigenvalue weighted by Gasteiger charge is -2.14. The van der Waals surface area contributed by atoms with E-state index in [1.54, 1.807) is 19.4 Å². The van der Waals surface area contributed by atoms with Crippen molar-refractivity contribution in [2.24, 2.45) is 0 Å².